The van der Waals surface area contributed by atoms with Crippen molar-refractivity contribution in [1.82, 2.24) is 14.9 Å². The number of piperidine rings is 1. The maximum absolute atomic E-state index is 9.84. The van der Waals surface area contributed by atoms with E-state index in [4.69, 9.17) is 4.74 Å². The molecule has 146 valence electrons. The molecular weight excluding hydrogens is 348 g/mol. The second-order valence-corrected chi connectivity index (χ2v) is 7.97. The van der Waals surface area contributed by atoms with Crippen LogP contribution < -0.4 is 4.74 Å². The van der Waals surface area contributed by atoms with Crippen LogP contribution in [0.1, 0.15) is 56.4 Å². The molecule has 1 aromatic heterocycles. The third kappa shape index (κ3) is 4.51. The fraction of sp³-hybridized carbons (Fsp3) is 0.522. The summed E-state index contributed by atoms with van der Waals surface area (Å²) in [5, 5.41) is 9.84. The largest absolute Gasteiger partial charge is 0.424 e. The van der Waals surface area contributed by atoms with Crippen LogP contribution in [0.4, 0.5) is 0 Å². The number of benzene rings is 1. The highest BCUT2D eigenvalue weighted by Crippen LogP contribution is 2.35. The van der Waals surface area contributed by atoms with Gasteiger partial charge in [0.1, 0.15) is 5.75 Å². The minimum Gasteiger partial charge on any atom is -0.424 e. The molecule has 1 atom stereocenters. The van der Waals surface area contributed by atoms with E-state index in [1.165, 1.54) is 32.1 Å². The van der Waals surface area contributed by atoms with Crippen molar-refractivity contribution in [1.29, 1.82) is 5.26 Å². The standard InChI is InChI=1S/C23H28N4O/c24-17-22(19-11-15-27(16-12-19)20-5-2-1-3-6-20)18-7-9-21(10-8-18)28-23-25-13-4-14-26-23/h4,7-10,13-14,19-20,22H,1-3,5-6,11-12,15-16H2. The molecule has 0 bridgehead atoms. The summed E-state index contributed by atoms with van der Waals surface area (Å²) in [7, 11) is 0. The summed E-state index contributed by atoms with van der Waals surface area (Å²) in [6.45, 7) is 2.28. The van der Waals surface area contributed by atoms with Gasteiger partial charge in [-0.1, -0.05) is 31.4 Å². The molecule has 0 radical (unpaired) electrons. The third-order valence-electron chi connectivity index (χ3n) is 6.27. The molecule has 28 heavy (non-hydrogen) atoms. The SMILES string of the molecule is N#CC(c1ccc(Oc2ncccn2)cc1)C1CCN(C2CCCCC2)CC1. The number of nitriles is 1. The molecule has 2 fully saturated rings. The van der Waals surface area contributed by atoms with E-state index in [1.807, 2.05) is 24.3 Å². The first-order valence-corrected chi connectivity index (χ1v) is 10.5. The first-order valence-electron chi connectivity index (χ1n) is 10.5. The number of aromatic nitrogens is 2. The Morgan fingerprint density at radius 2 is 1.64 bits per heavy atom. The van der Waals surface area contributed by atoms with Gasteiger partial charge in [-0.25, -0.2) is 9.97 Å². The monoisotopic (exact) mass is 376 g/mol. The molecule has 5 heteroatoms. The number of rotatable bonds is 5. The molecule has 1 aliphatic carbocycles. The van der Waals surface area contributed by atoms with Crippen LogP contribution in [0, 0.1) is 17.2 Å². The highest BCUT2D eigenvalue weighted by Gasteiger charge is 2.30. The first kappa shape index (κ1) is 18.9. The Morgan fingerprint density at radius 1 is 0.964 bits per heavy atom. The fourth-order valence-corrected chi connectivity index (χ4v) is 4.70. The van der Waals surface area contributed by atoms with Crippen LogP contribution >= 0.6 is 0 Å². The Balaban J connectivity index is 1.35. The summed E-state index contributed by atoms with van der Waals surface area (Å²) in [4.78, 5) is 10.8. The minimum absolute atomic E-state index is 0.0458. The van der Waals surface area contributed by atoms with E-state index in [0.29, 0.717) is 17.7 Å². The third-order valence-corrected chi connectivity index (χ3v) is 6.27. The molecule has 0 amide bonds. The topological polar surface area (TPSA) is 62.0 Å². The highest BCUT2D eigenvalue weighted by molar-refractivity contribution is 5.33. The zero-order valence-electron chi connectivity index (χ0n) is 16.3. The van der Waals surface area contributed by atoms with Crippen LogP contribution in [-0.2, 0) is 0 Å². The highest BCUT2D eigenvalue weighted by atomic mass is 16.5. The molecule has 4 rings (SSSR count). The predicted octanol–water partition coefficient (Wildman–Crippen LogP) is 4.92. The zero-order chi connectivity index (χ0) is 19.2. The number of hydrogen-bond acceptors (Lipinski definition) is 5. The van der Waals surface area contributed by atoms with Crippen molar-refractivity contribution in [2.45, 2.75) is 56.9 Å². The summed E-state index contributed by atoms with van der Waals surface area (Å²) in [5.41, 5.74) is 1.08. The second-order valence-electron chi connectivity index (χ2n) is 7.97. The van der Waals surface area contributed by atoms with Crippen LogP contribution in [-0.4, -0.2) is 34.0 Å². The van der Waals surface area contributed by atoms with Crippen LogP contribution in [0.25, 0.3) is 0 Å². The van der Waals surface area contributed by atoms with Crippen LogP contribution in [0.15, 0.2) is 42.7 Å². The first-order chi connectivity index (χ1) is 13.8. The fourth-order valence-electron chi connectivity index (χ4n) is 4.70. The summed E-state index contributed by atoms with van der Waals surface area (Å²) in [6, 6.07) is 13.3. The van der Waals surface area contributed by atoms with Gasteiger partial charge >= 0.3 is 6.01 Å². The van der Waals surface area contributed by atoms with Gasteiger partial charge in [-0.2, -0.15) is 5.26 Å². The Hall–Kier alpha value is -2.45. The Bertz CT molecular complexity index is 772. The molecule has 1 saturated heterocycles. The number of hydrogen-bond donors (Lipinski definition) is 0. The van der Waals surface area contributed by atoms with Gasteiger partial charge in [0.2, 0.25) is 0 Å². The quantitative estimate of drug-likeness (QED) is 0.741. The Kier molecular flexibility index (Phi) is 6.18. The van der Waals surface area contributed by atoms with Crippen LogP contribution in [0.5, 0.6) is 11.8 Å². The Morgan fingerprint density at radius 3 is 2.29 bits per heavy atom. The lowest BCUT2D eigenvalue weighted by molar-refractivity contribution is 0.103. The van der Waals surface area contributed by atoms with E-state index in [-0.39, 0.29) is 5.92 Å². The van der Waals surface area contributed by atoms with Crippen molar-refractivity contribution in [3.05, 3.63) is 48.3 Å². The molecule has 5 nitrogen and oxygen atoms in total. The molecule has 2 aromatic rings. The van der Waals surface area contributed by atoms with Gasteiger partial charge in [0, 0.05) is 18.4 Å². The van der Waals surface area contributed by atoms with E-state index >= 15 is 0 Å². The van der Waals surface area contributed by atoms with Gasteiger partial charge in [-0.15, -0.1) is 0 Å². The molecule has 1 unspecified atom stereocenters. The van der Waals surface area contributed by atoms with Crippen LogP contribution in [0.2, 0.25) is 0 Å². The molecular formula is C23H28N4O. The molecule has 0 N–H and O–H groups in total. The normalized spacial score (nSPS) is 20.4. The molecule has 0 spiro atoms. The number of likely N-dealkylation sites (tertiary alicyclic amines) is 1. The van der Waals surface area contributed by atoms with Crippen molar-refractivity contribution >= 4 is 0 Å². The number of nitrogens with zero attached hydrogens (tertiary/aromatic N) is 4. The lowest BCUT2D eigenvalue weighted by atomic mass is 9.80. The maximum atomic E-state index is 9.84. The average Bonchev–Trinajstić information content (AvgIpc) is 2.77. The molecule has 1 saturated carbocycles. The summed E-state index contributed by atoms with van der Waals surface area (Å²) < 4.78 is 5.66. The van der Waals surface area contributed by atoms with Gasteiger partial charge < -0.3 is 9.64 Å². The average molecular weight is 377 g/mol. The molecule has 2 aliphatic rings. The van der Waals surface area contributed by atoms with E-state index in [1.54, 1.807) is 18.5 Å². The molecule has 2 heterocycles. The van der Waals surface area contributed by atoms with Crippen molar-refractivity contribution in [3.63, 3.8) is 0 Å². The predicted molar refractivity (Wildman–Crippen MR) is 108 cm³/mol. The van der Waals surface area contributed by atoms with E-state index in [0.717, 1.165) is 37.5 Å². The van der Waals surface area contributed by atoms with Crippen LogP contribution in [0.3, 0.4) is 0 Å². The summed E-state index contributed by atoms with van der Waals surface area (Å²) in [5.74, 6) is 1.09. The van der Waals surface area contributed by atoms with Gasteiger partial charge in [-0.05, 0) is 68.5 Å². The van der Waals surface area contributed by atoms with Gasteiger partial charge in [0.15, 0.2) is 0 Å². The lowest BCUT2D eigenvalue weighted by Gasteiger charge is -2.40. The van der Waals surface area contributed by atoms with E-state index in [2.05, 4.69) is 20.9 Å². The Labute approximate surface area is 167 Å². The van der Waals surface area contributed by atoms with Crippen molar-refractivity contribution in [3.8, 4) is 17.8 Å². The van der Waals surface area contributed by atoms with E-state index in [9.17, 15) is 5.26 Å². The summed E-state index contributed by atoms with van der Waals surface area (Å²) >= 11 is 0. The smallest absolute Gasteiger partial charge is 0.321 e. The lowest BCUT2D eigenvalue weighted by Crippen LogP contribution is -2.43. The second kappa shape index (κ2) is 9.16. The van der Waals surface area contributed by atoms with Crippen molar-refractivity contribution in [2.75, 3.05) is 13.1 Å². The van der Waals surface area contributed by atoms with Crippen molar-refractivity contribution in [2.24, 2.45) is 5.92 Å². The zero-order valence-corrected chi connectivity index (χ0v) is 16.3. The maximum Gasteiger partial charge on any atom is 0.321 e. The summed E-state index contributed by atoms with van der Waals surface area (Å²) in [6.07, 6.45) is 12.4. The van der Waals surface area contributed by atoms with Gasteiger partial charge in [-0.3, -0.25) is 0 Å². The van der Waals surface area contributed by atoms with Gasteiger partial charge in [0.25, 0.3) is 0 Å². The molecule has 1 aliphatic heterocycles. The van der Waals surface area contributed by atoms with E-state index < -0.39 is 0 Å². The van der Waals surface area contributed by atoms with Crippen molar-refractivity contribution < 1.29 is 4.74 Å². The minimum atomic E-state index is -0.0458. The van der Waals surface area contributed by atoms with Gasteiger partial charge in [0.05, 0.1) is 12.0 Å². The number of ether oxygens (including phenoxy) is 1. The molecule has 1 aromatic carbocycles.